The monoisotopic (exact) mass is 326 g/mol. The summed E-state index contributed by atoms with van der Waals surface area (Å²) in [6.07, 6.45) is 6.63. The highest BCUT2D eigenvalue weighted by Gasteiger charge is 2.19. The van der Waals surface area contributed by atoms with Gasteiger partial charge in [0.15, 0.2) is 0 Å². The Bertz CT molecular complexity index is 686. The molecule has 0 saturated carbocycles. The molecule has 1 aliphatic heterocycles. The van der Waals surface area contributed by atoms with Gasteiger partial charge in [-0.15, -0.1) is 0 Å². The molecule has 2 heterocycles. The molecule has 5 nitrogen and oxygen atoms in total. The number of nitrogens with zero attached hydrogens (tertiary/aromatic N) is 3. The lowest BCUT2D eigenvalue weighted by Gasteiger charge is -2.28. The third-order valence-corrected chi connectivity index (χ3v) is 4.87. The first kappa shape index (κ1) is 16.7. The predicted molar refractivity (Wildman–Crippen MR) is 95.0 cm³/mol. The van der Waals surface area contributed by atoms with E-state index in [1.54, 1.807) is 6.20 Å². The number of aromatic nitrogens is 2. The molecule has 1 aromatic carbocycles. The molecule has 1 N–H and O–H groups in total. The van der Waals surface area contributed by atoms with Gasteiger partial charge in [-0.3, -0.25) is 4.79 Å². The molecular weight excluding hydrogens is 300 g/mol. The maximum Gasteiger partial charge on any atom is 0.220 e. The van der Waals surface area contributed by atoms with Gasteiger partial charge in [0.25, 0.3) is 0 Å². The van der Waals surface area contributed by atoms with Crippen LogP contribution in [-0.2, 0) is 11.3 Å². The van der Waals surface area contributed by atoms with Crippen LogP contribution in [0.15, 0.2) is 36.7 Å². The highest BCUT2D eigenvalue weighted by Crippen LogP contribution is 2.20. The van der Waals surface area contributed by atoms with E-state index >= 15 is 0 Å². The first-order chi connectivity index (χ1) is 11.6. The van der Waals surface area contributed by atoms with Crippen molar-refractivity contribution in [1.82, 2.24) is 19.8 Å². The topological polar surface area (TPSA) is 50.2 Å². The van der Waals surface area contributed by atoms with Crippen molar-refractivity contribution in [3.05, 3.63) is 48.0 Å². The number of para-hydroxylation sites is 1. The summed E-state index contributed by atoms with van der Waals surface area (Å²) in [4.78, 5) is 18.9. The summed E-state index contributed by atoms with van der Waals surface area (Å²) in [5, 5.41) is 3.09. The zero-order valence-electron chi connectivity index (χ0n) is 14.5. The summed E-state index contributed by atoms with van der Waals surface area (Å²) in [6.45, 7) is 4.73. The number of hydrogen-bond donors (Lipinski definition) is 1. The van der Waals surface area contributed by atoms with Gasteiger partial charge in [0.1, 0.15) is 5.82 Å². The Balaban J connectivity index is 1.59. The number of carbonyl (C=O) groups is 1. The summed E-state index contributed by atoms with van der Waals surface area (Å²) in [5.41, 5.74) is 2.18. The second-order valence-corrected chi connectivity index (χ2v) is 6.70. The Labute approximate surface area is 143 Å². The molecule has 0 spiro atoms. The van der Waals surface area contributed by atoms with E-state index in [9.17, 15) is 4.79 Å². The Morgan fingerprint density at radius 3 is 2.75 bits per heavy atom. The molecule has 0 bridgehead atoms. The van der Waals surface area contributed by atoms with E-state index in [-0.39, 0.29) is 5.91 Å². The fourth-order valence-corrected chi connectivity index (χ4v) is 3.32. The molecule has 0 aliphatic carbocycles. The minimum absolute atomic E-state index is 0.154. The smallest absolute Gasteiger partial charge is 0.220 e. The zero-order chi connectivity index (χ0) is 16.9. The second-order valence-electron chi connectivity index (χ2n) is 6.70. The number of aryl methyl sites for hydroxylation is 1. The van der Waals surface area contributed by atoms with Crippen LogP contribution in [0.5, 0.6) is 0 Å². The average Bonchev–Trinajstić information content (AvgIpc) is 3.01. The molecule has 0 radical (unpaired) electrons. The number of imidazole rings is 1. The van der Waals surface area contributed by atoms with Crippen molar-refractivity contribution in [2.75, 3.05) is 20.1 Å². The number of benzene rings is 1. The molecule has 0 unspecified atom stereocenters. The maximum atomic E-state index is 12.3. The van der Waals surface area contributed by atoms with Crippen LogP contribution in [0, 0.1) is 12.8 Å². The number of piperidine rings is 1. The number of amides is 1. The van der Waals surface area contributed by atoms with Gasteiger partial charge in [0, 0.05) is 25.4 Å². The van der Waals surface area contributed by atoms with Crippen LogP contribution in [0.25, 0.3) is 5.69 Å². The van der Waals surface area contributed by atoms with Crippen molar-refractivity contribution in [3.8, 4) is 5.69 Å². The fourth-order valence-electron chi connectivity index (χ4n) is 3.32. The van der Waals surface area contributed by atoms with Crippen molar-refractivity contribution in [2.45, 2.75) is 32.7 Å². The van der Waals surface area contributed by atoms with Crippen molar-refractivity contribution in [2.24, 2.45) is 5.92 Å². The van der Waals surface area contributed by atoms with Crippen LogP contribution < -0.4 is 5.32 Å². The van der Waals surface area contributed by atoms with Gasteiger partial charge in [0.2, 0.25) is 5.91 Å². The van der Waals surface area contributed by atoms with Gasteiger partial charge in [-0.05, 0) is 57.5 Å². The van der Waals surface area contributed by atoms with Gasteiger partial charge in [0.05, 0.1) is 5.69 Å². The number of nitrogens with one attached hydrogen (secondary N) is 1. The number of carbonyl (C=O) groups excluding carboxylic acids is 1. The van der Waals surface area contributed by atoms with Crippen molar-refractivity contribution in [1.29, 1.82) is 0 Å². The van der Waals surface area contributed by atoms with E-state index in [0.717, 1.165) is 43.0 Å². The van der Waals surface area contributed by atoms with E-state index in [0.29, 0.717) is 18.9 Å². The van der Waals surface area contributed by atoms with Gasteiger partial charge < -0.3 is 14.8 Å². The number of rotatable bonds is 5. The standard InChI is InChI=1S/C19H26N4O/c1-15-20-9-12-23(15)18-6-4-3-5-17(18)14-21-19(24)13-16-7-10-22(2)11-8-16/h3-6,9,12,16H,7-8,10-11,13-14H2,1-2H3,(H,21,24). The quantitative estimate of drug-likeness (QED) is 0.918. The average molecular weight is 326 g/mol. The highest BCUT2D eigenvalue weighted by atomic mass is 16.1. The molecule has 24 heavy (non-hydrogen) atoms. The maximum absolute atomic E-state index is 12.3. The molecule has 3 rings (SSSR count). The van der Waals surface area contributed by atoms with E-state index in [2.05, 4.69) is 38.9 Å². The minimum atomic E-state index is 0.154. The van der Waals surface area contributed by atoms with Crippen LogP contribution in [0.2, 0.25) is 0 Å². The van der Waals surface area contributed by atoms with Gasteiger partial charge in [-0.25, -0.2) is 4.98 Å². The molecule has 1 aromatic heterocycles. The van der Waals surface area contributed by atoms with Gasteiger partial charge in [-0.2, -0.15) is 0 Å². The molecule has 1 fully saturated rings. The summed E-state index contributed by atoms with van der Waals surface area (Å²) in [5.74, 6) is 1.62. The normalized spacial score (nSPS) is 16.2. The Morgan fingerprint density at radius 2 is 2.04 bits per heavy atom. The summed E-state index contributed by atoms with van der Waals surface area (Å²) >= 11 is 0. The van der Waals surface area contributed by atoms with E-state index in [1.165, 1.54) is 0 Å². The third kappa shape index (κ3) is 4.03. The summed E-state index contributed by atoms with van der Waals surface area (Å²) in [7, 11) is 2.14. The third-order valence-electron chi connectivity index (χ3n) is 4.87. The molecule has 5 heteroatoms. The zero-order valence-corrected chi connectivity index (χ0v) is 14.5. The Hall–Kier alpha value is -2.14. The summed E-state index contributed by atoms with van der Waals surface area (Å²) < 4.78 is 2.05. The van der Waals surface area contributed by atoms with Gasteiger partial charge >= 0.3 is 0 Å². The SMILES string of the molecule is Cc1nccn1-c1ccccc1CNC(=O)CC1CCN(C)CC1. The van der Waals surface area contributed by atoms with E-state index in [1.807, 2.05) is 25.3 Å². The first-order valence-electron chi connectivity index (χ1n) is 8.67. The van der Waals surface area contributed by atoms with Crippen molar-refractivity contribution >= 4 is 5.91 Å². The number of likely N-dealkylation sites (tertiary alicyclic amines) is 1. The molecule has 1 aliphatic rings. The molecule has 2 aromatic rings. The van der Waals surface area contributed by atoms with Gasteiger partial charge in [-0.1, -0.05) is 18.2 Å². The lowest BCUT2D eigenvalue weighted by molar-refractivity contribution is -0.122. The largest absolute Gasteiger partial charge is 0.352 e. The predicted octanol–water partition coefficient (Wildman–Crippen LogP) is 2.53. The lowest BCUT2D eigenvalue weighted by Crippen LogP contribution is -2.33. The second kappa shape index (κ2) is 7.62. The molecule has 128 valence electrons. The molecule has 1 saturated heterocycles. The lowest BCUT2D eigenvalue weighted by atomic mass is 9.93. The van der Waals surface area contributed by atoms with Crippen LogP contribution in [0.3, 0.4) is 0 Å². The van der Waals surface area contributed by atoms with Crippen LogP contribution in [0.4, 0.5) is 0 Å². The van der Waals surface area contributed by atoms with Crippen LogP contribution >= 0.6 is 0 Å². The Kier molecular flexibility index (Phi) is 5.30. The highest BCUT2D eigenvalue weighted by molar-refractivity contribution is 5.76. The van der Waals surface area contributed by atoms with E-state index < -0.39 is 0 Å². The molecule has 0 atom stereocenters. The fraction of sp³-hybridized carbons (Fsp3) is 0.474. The van der Waals surface area contributed by atoms with E-state index in [4.69, 9.17) is 0 Å². The number of hydrogen-bond acceptors (Lipinski definition) is 3. The molecular formula is C19H26N4O. The van der Waals surface area contributed by atoms with Crippen molar-refractivity contribution < 1.29 is 4.79 Å². The first-order valence-corrected chi connectivity index (χ1v) is 8.67. The van der Waals surface area contributed by atoms with Crippen LogP contribution in [0.1, 0.15) is 30.7 Å². The van der Waals surface area contributed by atoms with Crippen molar-refractivity contribution in [3.63, 3.8) is 0 Å². The van der Waals surface area contributed by atoms with Crippen LogP contribution in [-0.4, -0.2) is 40.5 Å². The molecule has 1 amide bonds. The summed E-state index contributed by atoms with van der Waals surface area (Å²) in [6, 6.07) is 8.14. The minimum Gasteiger partial charge on any atom is -0.352 e. The Morgan fingerprint density at radius 1 is 1.29 bits per heavy atom.